The van der Waals surface area contributed by atoms with Crippen LogP contribution < -0.4 is 16.4 Å². The molecular weight excluding hydrogens is 264 g/mol. The van der Waals surface area contributed by atoms with Gasteiger partial charge in [-0.1, -0.05) is 0 Å². The van der Waals surface area contributed by atoms with Crippen molar-refractivity contribution in [1.29, 1.82) is 0 Å². The first-order valence-electron chi connectivity index (χ1n) is 5.88. The van der Waals surface area contributed by atoms with Gasteiger partial charge < -0.3 is 21.5 Å². The van der Waals surface area contributed by atoms with Gasteiger partial charge in [-0.05, 0) is 25.0 Å². The number of anilines is 1. The van der Waals surface area contributed by atoms with Gasteiger partial charge in [-0.2, -0.15) is 0 Å². The molecule has 0 aliphatic heterocycles. The van der Waals surface area contributed by atoms with Crippen molar-refractivity contribution in [3.05, 3.63) is 24.0 Å². The second-order valence-corrected chi connectivity index (χ2v) is 4.25. The zero-order valence-corrected chi connectivity index (χ0v) is 10.9. The van der Waals surface area contributed by atoms with Crippen molar-refractivity contribution in [2.45, 2.75) is 25.8 Å². The molecule has 0 saturated heterocycles. The maximum atomic E-state index is 11.7. The molecule has 0 saturated carbocycles. The quantitative estimate of drug-likeness (QED) is 0.591. The molecule has 0 aliphatic carbocycles. The van der Waals surface area contributed by atoms with Crippen LogP contribution in [0, 0.1) is 6.92 Å². The number of nitrogens with one attached hydrogen (secondary N) is 2. The summed E-state index contributed by atoms with van der Waals surface area (Å²) in [5.41, 5.74) is 6.24. The highest BCUT2D eigenvalue weighted by molar-refractivity contribution is 5.92. The molecule has 0 spiro atoms. The number of rotatable bonds is 6. The average Bonchev–Trinajstić information content (AvgIpc) is 2.33. The van der Waals surface area contributed by atoms with Crippen molar-refractivity contribution in [3.8, 4) is 0 Å². The van der Waals surface area contributed by atoms with E-state index in [9.17, 15) is 14.4 Å². The second-order valence-electron chi connectivity index (χ2n) is 4.25. The van der Waals surface area contributed by atoms with Gasteiger partial charge in [0.2, 0.25) is 5.91 Å². The van der Waals surface area contributed by atoms with Crippen LogP contribution in [0.5, 0.6) is 0 Å². The topological polar surface area (TPSA) is 134 Å². The monoisotopic (exact) mass is 280 g/mol. The van der Waals surface area contributed by atoms with E-state index in [2.05, 4.69) is 15.6 Å². The van der Waals surface area contributed by atoms with Gasteiger partial charge in [-0.15, -0.1) is 0 Å². The summed E-state index contributed by atoms with van der Waals surface area (Å²) in [4.78, 5) is 37.1. The van der Waals surface area contributed by atoms with Crippen molar-refractivity contribution >= 4 is 23.6 Å². The van der Waals surface area contributed by atoms with Gasteiger partial charge in [0.1, 0.15) is 6.04 Å². The van der Waals surface area contributed by atoms with E-state index in [4.69, 9.17) is 10.8 Å². The lowest BCUT2D eigenvalue weighted by molar-refractivity contribution is -0.139. The number of nitrogens with zero attached hydrogens (tertiary/aromatic N) is 1. The number of amides is 3. The van der Waals surface area contributed by atoms with E-state index in [1.165, 1.54) is 6.20 Å². The highest BCUT2D eigenvalue weighted by Crippen LogP contribution is 2.07. The molecule has 108 valence electrons. The average molecular weight is 280 g/mol. The Bertz CT molecular complexity index is 518. The summed E-state index contributed by atoms with van der Waals surface area (Å²) >= 11 is 0. The maximum absolute atomic E-state index is 11.7. The predicted octanol–water partition coefficient (Wildman–Crippen LogP) is 0.230. The number of primary amides is 1. The molecule has 5 N–H and O–H groups in total. The summed E-state index contributed by atoms with van der Waals surface area (Å²) in [7, 11) is 0. The lowest BCUT2D eigenvalue weighted by Crippen LogP contribution is -2.43. The van der Waals surface area contributed by atoms with Crippen LogP contribution in [-0.4, -0.2) is 34.0 Å². The molecule has 1 heterocycles. The molecule has 8 nitrogen and oxygen atoms in total. The van der Waals surface area contributed by atoms with Gasteiger partial charge >= 0.3 is 12.0 Å². The molecule has 1 rings (SSSR count). The SMILES string of the molecule is Cc1cncc(NC(=O)NC(CCC(N)=O)C(=O)O)c1. The number of carboxylic acid groups (broad SMARTS) is 1. The number of carboxylic acids is 1. The van der Waals surface area contributed by atoms with Gasteiger partial charge in [-0.25, -0.2) is 9.59 Å². The molecule has 0 bridgehead atoms. The van der Waals surface area contributed by atoms with Crippen LogP contribution in [0.2, 0.25) is 0 Å². The minimum atomic E-state index is -1.23. The number of urea groups is 1. The number of aliphatic carboxylic acids is 1. The Kier molecular flexibility index (Phi) is 5.45. The zero-order valence-electron chi connectivity index (χ0n) is 10.9. The lowest BCUT2D eigenvalue weighted by atomic mass is 10.1. The molecule has 1 aromatic heterocycles. The van der Waals surface area contributed by atoms with E-state index in [0.29, 0.717) is 5.69 Å². The first-order valence-corrected chi connectivity index (χ1v) is 5.88. The van der Waals surface area contributed by atoms with Gasteiger partial charge in [0, 0.05) is 12.6 Å². The largest absolute Gasteiger partial charge is 0.480 e. The Hall–Kier alpha value is -2.64. The summed E-state index contributed by atoms with van der Waals surface area (Å²) in [6.45, 7) is 1.81. The first-order chi connectivity index (χ1) is 9.38. The van der Waals surface area contributed by atoms with Crippen LogP contribution >= 0.6 is 0 Å². The molecule has 1 atom stereocenters. The summed E-state index contributed by atoms with van der Waals surface area (Å²) in [5, 5.41) is 13.7. The number of aromatic nitrogens is 1. The lowest BCUT2D eigenvalue weighted by Gasteiger charge is -2.14. The van der Waals surface area contributed by atoms with Crippen LogP contribution in [0.1, 0.15) is 18.4 Å². The van der Waals surface area contributed by atoms with Crippen molar-refractivity contribution in [3.63, 3.8) is 0 Å². The van der Waals surface area contributed by atoms with Crippen LogP contribution in [0.3, 0.4) is 0 Å². The van der Waals surface area contributed by atoms with Crippen molar-refractivity contribution in [1.82, 2.24) is 10.3 Å². The third kappa shape index (κ3) is 5.34. The van der Waals surface area contributed by atoms with Crippen LogP contribution in [0.4, 0.5) is 10.5 Å². The second kappa shape index (κ2) is 7.07. The first kappa shape index (κ1) is 15.4. The fourth-order valence-corrected chi connectivity index (χ4v) is 1.49. The highest BCUT2D eigenvalue weighted by Gasteiger charge is 2.20. The van der Waals surface area contributed by atoms with Crippen molar-refractivity contribution in [2.75, 3.05) is 5.32 Å². The Labute approximate surface area is 115 Å². The molecule has 20 heavy (non-hydrogen) atoms. The van der Waals surface area contributed by atoms with E-state index in [-0.39, 0.29) is 12.8 Å². The van der Waals surface area contributed by atoms with Crippen molar-refractivity contribution in [2.24, 2.45) is 5.73 Å². The molecular formula is C12H16N4O4. The van der Waals surface area contributed by atoms with Gasteiger partial charge in [0.05, 0.1) is 11.9 Å². The highest BCUT2D eigenvalue weighted by atomic mass is 16.4. The van der Waals surface area contributed by atoms with Crippen molar-refractivity contribution < 1.29 is 19.5 Å². The van der Waals surface area contributed by atoms with E-state index < -0.39 is 23.9 Å². The summed E-state index contributed by atoms with van der Waals surface area (Å²) in [6, 6.07) is -0.180. The number of aryl methyl sites for hydroxylation is 1. The number of carbonyl (C=O) groups excluding carboxylic acids is 2. The number of hydrogen-bond acceptors (Lipinski definition) is 4. The van der Waals surface area contributed by atoms with Crippen LogP contribution in [0.25, 0.3) is 0 Å². The van der Waals surface area contributed by atoms with Crippen LogP contribution in [0.15, 0.2) is 18.5 Å². The maximum Gasteiger partial charge on any atom is 0.326 e. The molecule has 1 aromatic rings. The Morgan fingerprint density at radius 3 is 2.65 bits per heavy atom. The minimum Gasteiger partial charge on any atom is -0.480 e. The van der Waals surface area contributed by atoms with E-state index in [0.717, 1.165) is 5.56 Å². The molecule has 3 amide bonds. The van der Waals surface area contributed by atoms with E-state index >= 15 is 0 Å². The number of carbonyl (C=O) groups is 3. The molecule has 0 aromatic carbocycles. The van der Waals surface area contributed by atoms with Gasteiger partial charge in [0.15, 0.2) is 0 Å². The van der Waals surface area contributed by atoms with E-state index in [1.807, 2.05) is 6.92 Å². The molecule has 8 heteroatoms. The summed E-state index contributed by atoms with van der Waals surface area (Å²) in [5.74, 6) is -1.86. The van der Waals surface area contributed by atoms with Crippen LogP contribution in [-0.2, 0) is 9.59 Å². The van der Waals surface area contributed by atoms with Gasteiger partial charge in [0.25, 0.3) is 0 Å². The minimum absolute atomic E-state index is 0.0653. The fourth-order valence-electron chi connectivity index (χ4n) is 1.49. The number of pyridine rings is 1. The smallest absolute Gasteiger partial charge is 0.326 e. The Morgan fingerprint density at radius 1 is 1.40 bits per heavy atom. The standard InChI is InChI=1S/C12H16N4O4/c1-7-4-8(6-14-5-7)15-12(20)16-9(11(18)19)2-3-10(13)17/h4-6,9H,2-3H2,1H3,(H2,13,17)(H,18,19)(H2,15,16,20). The third-order valence-electron chi connectivity index (χ3n) is 2.42. The molecule has 0 aliphatic rings. The number of hydrogen-bond donors (Lipinski definition) is 4. The zero-order chi connectivity index (χ0) is 15.1. The molecule has 0 fully saturated rings. The fraction of sp³-hybridized carbons (Fsp3) is 0.333. The van der Waals surface area contributed by atoms with Gasteiger partial charge in [-0.3, -0.25) is 9.78 Å². The molecule has 0 radical (unpaired) electrons. The number of nitrogens with two attached hydrogens (primary N) is 1. The van der Waals surface area contributed by atoms with E-state index in [1.54, 1.807) is 12.3 Å². The summed E-state index contributed by atoms with van der Waals surface area (Å²) in [6.07, 6.45) is 2.87. The predicted molar refractivity (Wildman–Crippen MR) is 71.0 cm³/mol. The third-order valence-corrected chi connectivity index (χ3v) is 2.42. The Morgan fingerprint density at radius 2 is 2.10 bits per heavy atom. The Balaban J connectivity index is 2.57. The molecule has 1 unspecified atom stereocenters. The summed E-state index contributed by atoms with van der Waals surface area (Å²) < 4.78 is 0. The normalized spacial score (nSPS) is 11.4.